The van der Waals surface area contributed by atoms with Crippen molar-refractivity contribution in [1.29, 1.82) is 0 Å². The van der Waals surface area contributed by atoms with Gasteiger partial charge in [-0.05, 0) is 17.7 Å². The standard InChI is InChI=1S/C9H8N3OS/c13-12-3-6-1-7-8(11-4-10-7)2-9(6)14-5-12/h1-2,4H,3,5H2,(H,10,11)/q-1. The Kier molecular flexibility index (Phi) is 1.76. The monoisotopic (exact) mass is 206 g/mol. The Hall–Kier alpha value is -1.04. The maximum atomic E-state index is 11.2. The van der Waals surface area contributed by atoms with Crippen LogP contribution < -0.4 is 0 Å². The van der Waals surface area contributed by atoms with E-state index in [0.717, 1.165) is 21.7 Å². The molecule has 0 saturated heterocycles. The maximum absolute atomic E-state index is 11.2. The topological polar surface area (TPSA) is 55.0 Å². The van der Waals surface area contributed by atoms with E-state index in [1.165, 1.54) is 4.90 Å². The molecule has 72 valence electrons. The highest BCUT2D eigenvalue weighted by molar-refractivity contribution is 7.99. The van der Waals surface area contributed by atoms with Gasteiger partial charge in [0.2, 0.25) is 0 Å². The number of H-pyrrole nitrogens is 1. The van der Waals surface area contributed by atoms with Gasteiger partial charge >= 0.3 is 0 Å². The summed E-state index contributed by atoms with van der Waals surface area (Å²) in [6, 6.07) is 4.05. The van der Waals surface area contributed by atoms with Crippen LogP contribution in [-0.2, 0) is 6.54 Å². The van der Waals surface area contributed by atoms with Crippen molar-refractivity contribution in [2.45, 2.75) is 11.4 Å². The summed E-state index contributed by atoms with van der Waals surface area (Å²) in [5, 5.41) is 12.2. The predicted octanol–water partition coefficient (Wildman–Crippen LogP) is 1.93. The third-order valence-corrected chi connectivity index (χ3v) is 3.42. The maximum Gasteiger partial charge on any atom is 0.0931 e. The number of nitrogens with zero attached hydrogens (tertiary/aromatic N) is 2. The second-order valence-electron chi connectivity index (χ2n) is 3.29. The van der Waals surface area contributed by atoms with Gasteiger partial charge in [0.15, 0.2) is 0 Å². The van der Waals surface area contributed by atoms with Crippen molar-refractivity contribution >= 4 is 22.8 Å². The van der Waals surface area contributed by atoms with Gasteiger partial charge in [0.1, 0.15) is 0 Å². The van der Waals surface area contributed by atoms with E-state index in [4.69, 9.17) is 0 Å². The number of benzene rings is 1. The molecule has 0 amide bonds. The minimum Gasteiger partial charge on any atom is -0.784 e. The number of thioether (sulfide) groups is 1. The number of hydrogen-bond acceptors (Lipinski definition) is 4. The summed E-state index contributed by atoms with van der Waals surface area (Å²) < 4.78 is 0. The van der Waals surface area contributed by atoms with Crippen LogP contribution in [0.3, 0.4) is 0 Å². The molecule has 1 aliphatic heterocycles. The first-order valence-electron chi connectivity index (χ1n) is 4.34. The lowest BCUT2D eigenvalue weighted by atomic mass is 10.2. The van der Waals surface area contributed by atoms with E-state index >= 15 is 0 Å². The highest BCUT2D eigenvalue weighted by atomic mass is 32.2. The Morgan fingerprint density at radius 3 is 3.36 bits per heavy atom. The molecule has 1 aromatic carbocycles. The van der Waals surface area contributed by atoms with E-state index in [-0.39, 0.29) is 0 Å². The van der Waals surface area contributed by atoms with Gasteiger partial charge in [-0.25, -0.2) is 4.98 Å². The molecule has 1 N–H and O–H groups in total. The second kappa shape index (κ2) is 2.98. The molecule has 3 rings (SSSR count). The van der Waals surface area contributed by atoms with Crippen molar-refractivity contribution in [2.75, 3.05) is 5.88 Å². The number of rotatable bonds is 0. The molecule has 0 fully saturated rings. The average molecular weight is 206 g/mol. The number of aromatic amines is 1. The van der Waals surface area contributed by atoms with Crippen molar-refractivity contribution in [3.8, 4) is 0 Å². The molecule has 2 aromatic rings. The smallest absolute Gasteiger partial charge is 0.0931 e. The van der Waals surface area contributed by atoms with Crippen LogP contribution in [0.4, 0.5) is 0 Å². The molecule has 0 radical (unpaired) electrons. The molecule has 0 bridgehead atoms. The average Bonchev–Trinajstić information content (AvgIpc) is 2.61. The zero-order valence-corrected chi connectivity index (χ0v) is 8.17. The Labute approximate surface area is 84.9 Å². The van der Waals surface area contributed by atoms with E-state index in [1.807, 2.05) is 12.1 Å². The van der Waals surface area contributed by atoms with Crippen LogP contribution in [0.5, 0.6) is 0 Å². The van der Waals surface area contributed by atoms with Crippen LogP contribution in [0, 0.1) is 5.21 Å². The number of nitrogens with one attached hydrogen (secondary N) is 1. The van der Waals surface area contributed by atoms with Crippen LogP contribution >= 0.6 is 11.8 Å². The van der Waals surface area contributed by atoms with Crippen LogP contribution in [0.2, 0.25) is 0 Å². The first kappa shape index (κ1) is 8.28. The number of fused-ring (bicyclic) bond motifs is 2. The predicted molar refractivity (Wildman–Crippen MR) is 55.7 cm³/mol. The summed E-state index contributed by atoms with van der Waals surface area (Å²) in [6.07, 6.45) is 1.68. The van der Waals surface area contributed by atoms with Crippen LogP contribution in [0.15, 0.2) is 23.4 Å². The van der Waals surface area contributed by atoms with E-state index in [2.05, 4.69) is 9.97 Å². The molecule has 0 aliphatic carbocycles. The lowest BCUT2D eigenvalue weighted by Gasteiger charge is -2.32. The number of hydrogen-bond donors (Lipinski definition) is 1. The van der Waals surface area contributed by atoms with Gasteiger partial charge < -0.3 is 15.3 Å². The first-order chi connectivity index (χ1) is 6.83. The van der Waals surface area contributed by atoms with Gasteiger partial charge in [-0.3, -0.25) is 0 Å². The lowest BCUT2D eigenvalue weighted by molar-refractivity contribution is 0.425. The molecule has 1 aromatic heterocycles. The molecule has 14 heavy (non-hydrogen) atoms. The number of hydroxylamine groups is 2. The summed E-state index contributed by atoms with van der Waals surface area (Å²) in [6.45, 7) is 0.483. The fourth-order valence-electron chi connectivity index (χ4n) is 1.64. The van der Waals surface area contributed by atoms with Gasteiger partial charge in [-0.2, -0.15) is 0 Å². The highest BCUT2D eigenvalue weighted by Gasteiger charge is 2.12. The van der Waals surface area contributed by atoms with E-state index < -0.39 is 0 Å². The Morgan fingerprint density at radius 2 is 2.43 bits per heavy atom. The van der Waals surface area contributed by atoms with E-state index in [1.54, 1.807) is 18.1 Å². The quantitative estimate of drug-likeness (QED) is 0.715. The first-order valence-corrected chi connectivity index (χ1v) is 5.32. The Bertz CT molecular complexity index is 482. The second-order valence-corrected chi connectivity index (χ2v) is 4.28. The lowest BCUT2D eigenvalue weighted by Crippen LogP contribution is -2.19. The fraction of sp³-hybridized carbons (Fsp3) is 0.222. The highest BCUT2D eigenvalue weighted by Crippen LogP contribution is 2.32. The zero-order valence-electron chi connectivity index (χ0n) is 7.36. The Balaban J connectivity index is 2.19. The van der Waals surface area contributed by atoms with Crippen LogP contribution in [0.1, 0.15) is 5.56 Å². The largest absolute Gasteiger partial charge is 0.784 e. The zero-order chi connectivity index (χ0) is 9.54. The molecule has 4 nitrogen and oxygen atoms in total. The third kappa shape index (κ3) is 1.21. The number of aromatic nitrogens is 2. The van der Waals surface area contributed by atoms with Gasteiger partial charge in [0.25, 0.3) is 0 Å². The summed E-state index contributed by atoms with van der Waals surface area (Å²) in [5.41, 5.74) is 3.06. The molecule has 0 saturated carbocycles. The molecule has 1 aliphatic rings. The molecule has 0 unspecified atom stereocenters. The fourth-order valence-corrected chi connectivity index (χ4v) is 2.52. The van der Waals surface area contributed by atoms with Gasteiger partial charge in [0, 0.05) is 17.3 Å². The van der Waals surface area contributed by atoms with Crippen LogP contribution in [-0.4, -0.2) is 20.9 Å². The molecule has 0 spiro atoms. The molecule has 2 heterocycles. The van der Waals surface area contributed by atoms with Crippen molar-refractivity contribution in [2.24, 2.45) is 0 Å². The van der Waals surface area contributed by atoms with Crippen molar-refractivity contribution in [1.82, 2.24) is 15.0 Å². The van der Waals surface area contributed by atoms with Crippen LogP contribution in [0.25, 0.3) is 11.0 Å². The van der Waals surface area contributed by atoms with Crippen molar-refractivity contribution in [3.63, 3.8) is 0 Å². The molecule has 0 atom stereocenters. The normalized spacial score (nSPS) is 17.2. The Morgan fingerprint density at radius 1 is 1.50 bits per heavy atom. The minimum atomic E-state index is 0.483. The molecular weight excluding hydrogens is 198 g/mol. The summed E-state index contributed by atoms with van der Waals surface area (Å²) in [4.78, 5) is 8.41. The SMILES string of the molecule is [O-]N1CSc2cc3nc[nH]c3cc2C1. The molecular formula is C9H8N3OS-. The molecule has 5 heteroatoms. The van der Waals surface area contributed by atoms with E-state index in [9.17, 15) is 5.21 Å². The van der Waals surface area contributed by atoms with Gasteiger partial charge in [-0.15, -0.1) is 11.8 Å². The van der Waals surface area contributed by atoms with Crippen molar-refractivity contribution in [3.05, 3.63) is 29.2 Å². The minimum absolute atomic E-state index is 0.483. The summed E-state index contributed by atoms with van der Waals surface area (Å²) in [5.74, 6) is 0.517. The van der Waals surface area contributed by atoms with Crippen molar-refractivity contribution < 1.29 is 0 Å². The van der Waals surface area contributed by atoms with E-state index in [0.29, 0.717) is 12.4 Å². The van der Waals surface area contributed by atoms with Gasteiger partial charge in [-0.1, -0.05) is 0 Å². The number of imidazole rings is 1. The third-order valence-electron chi connectivity index (χ3n) is 2.31. The summed E-state index contributed by atoms with van der Waals surface area (Å²) >= 11 is 1.57. The summed E-state index contributed by atoms with van der Waals surface area (Å²) in [7, 11) is 0. The van der Waals surface area contributed by atoms with Gasteiger partial charge in [0.05, 0.1) is 17.4 Å².